The van der Waals surface area contributed by atoms with Crippen molar-refractivity contribution < 1.29 is 22.6 Å². The van der Waals surface area contributed by atoms with Gasteiger partial charge in [0.1, 0.15) is 23.4 Å². The fourth-order valence-corrected chi connectivity index (χ4v) is 5.42. The van der Waals surface area contributed by atoms with E-state index in [1.54, 1.807) is 67.8 Å². The Morgan fingerprint density at radius 2 is 1.76 bits per heavy atom. The van der Waals surface area contributed by atoms with Crippen LogP contribution in [0.3, 0.4) is 0 Å². The van der Waals surface area contributed by atoms with E-state index in [2.05, 4.69) is 9.62 Å². The normalized spacial score (nSPS) is 16.3. The van der Waals surface area contributed by atoms with E-state index in [9.17, 15) is 8.42 Å². The lowest BCUT2D eigenvalue weighted by Gasteiger charge is -2.17. The number of rotatable bonds is 8. The molecule has 3 aromatic carbocycles. The Balaban J connectivity index is 1.65. The second-order valence-electron chi connectivity index (χ2n) is 8.10. The third-order valence-electron chi connectivity index (χ3n) is 5.70. The van der Waals surface area contributed by atoms with Gasteiger partial charge in [-0.3, -0.25) is 4.72 Å². The average molecular weight is 503 g/mol. The van der Waals surface area contributed by atoms with Crippen molar-refractivity contribution in [3.8, 4) is 28.4 Å². The predicted octanol–water partition coefficient (Wildman–Crippen LogP) is 4.91. The van der Waals surface area contributed by atoms with Crippen LogP contribution in [0.5, 0.6) is 17.2 Å². The summed E-state index contributed by atoms with van der Waals surface area (Å²) in [6.07, 6.45) is 0.900. The molecule has 34 heavy (non-hydrogen) atoms. The lowest BCUT2D eigenvalue weighted by atomic mass is 10.0. The minimum atomic E-state index is -3.94. The number of nitrogens with one attached hydrogen (secondary N) is 1. The molecule has 0 spiro atoms. The van der Waals surface area contributed by atoms with Gasteiger partial charge in [0.05, 0.1) is 29.8 Å². The van der Waals surface area contributed by atoms with E-state index in [-0.39, 0.29) is 11.0 Å². The molecule has 1 atom stereocenters. The highest BCUT2D eigenvalue weighted by Gasteiger charge is 2.24. The van der Waals surface area contributed by atoms with Gasteiger partial charge in [0.2, 0.25) is 0 Å². The number of hydrogen-bond donors (Lipinski definition) is 1. The van der Waals surface area contributed by atoms with Crippen LogP contribution in [0.4, 0.5) is 5.69 Å². The third kappa shape index (κ3) is 5.24. The summed E-state index contributed by atoms with van der Waals surface area (Å²) in [6, 6.07) is 16.9. The van der Waals surface area contributed by atoms with Gasteiger partial charge >= 0.3 is 0 Å². The molecule has 0 aromatic heterocycles. The van der Waals surface area contributed by atoms with Crippen molar-refractivity contribution in [2.24, 2.45) is 0 Å². The third-order valence-corrected chi connectivity index (χ3v) is 7.45. The summed E-state index contributed by atoms with van der Waals surface area (Å²) in [6.45, 7) is 1.74. The molecule has 9 heteroatoms. The molecule has 3 aromatic rings. The van der Waals surface area contributed by atoms with Gasteiger partial charge in [-0.15, -0.1) is 0 Å². The number of halogens is 1. The van der Waals surface area contributed by atoms with Crippen molar-refractivity contribution in [2.75, 3.05) is 39.1 Å². The standard InChI is InChI=1S/C25H27ClN2O5S/c1-28-13-12-19(16-28)33-24-14-17(8-11-22(24)26)27-34(29,30)25-7-5-4-6-21(25)20-10-9-18(31-2)15-23(20)32-3/h4-11,14-15,19,27H,12-13,16H2,1-3H3/t19-/m1/s1. The maximum absolute atomic E-state index is 13.4. The number of nitrogens with zero attached hydrogens (tertiary/aromatic N) is 1. The van der Waals surface area contributed by atoms with Crippen LogP contribution in [0.1, 0.15) is 6.42 Å². The number of sulfonamides is 1. The Labute approximate surface area is 205 Å². The molecule has 1 heterocycles. The Bertz CT molecular complexity index is 1280. The highest BCUT2D eigenvalue weighted by Crippen LogP contribution is 2.38. The fourth-order valence-electron chi connectivity index (χ4n) is 3.98. The second-order valence-corrected chi connectivity index (χ2v) is 10.2. The topological polar surface area (TPSA) is 77.1 Å². The number of anilines is 1. The van der Waals surface area contributed by atoms with E-state index in [1.165, 1.54) is 7.11 Å². The minimum absolute atomic E-state index is 0.0117. The molecule has 0 unspecified atom stereocenters. The van der Waals surface area contributed by atoms with E-state index in [0.717, 1.165) is 19.5 Å². The first-order chi connectivity index (χ1) is 16.3. The number of ether oxygens (including phenoxy) is 3. The largest absolute Gasteiger partial charge is 0.497 e. The van der Waals surface area contributed by atoms with E-state index < -0.39 is 10.0 Å². The Morgan fingerprint density at radius 3 is 2.47 bits per heavy atom. The van der Waals surface area contributed by atoms with Crippen molar-refractivity contribution >= 4 is 27.3 Å². The minimum Gasteiger partial charge on any atom is -0.497 e. The van der Waals surface area contributed by atoms with E-state index in [0.29, 0.717) is 39.1 Å². The quantitative estimate of drug-likeness (QED) is 0.471. The van der Waals surface area contributed by atoms with Crippen LogP contribution in [0, 0.1) is 0 Å². The van der Waals surface area contributed by atoms with Crippen molar-refractivity contribution in [3.05, 3.63) is 65.7 Å². The zero-order valence-electron chi connectivity index (χ0n) is 19.2. The summed E-state index contributed by atoms with van der Waals surface area (Å²) in [5, 5.41) is 0.431. The van der Waals surface area contributed by atoms with Gasteiger partial charge in [0.15, 0.2) is 0 Å². The Kier molecular flexibility index (Phi) is 7.21. The van der Waals surface area contributed by atoms with Crippen LogP contribution in [-0.4, -0.2) is 53.8 Å². The summed E-state index contributed by atoms with van der Waals surface area (Å²) in [7, 11) is 1.18. The molecule has 180 valence electrons. The van der Waals surface area contributed by atoms with E-state index in [1.807, 2.05) is 7.05 Å². The average Bonchev–Trinajstić information content (AvgIpc) is 3.25. The maximum atomic E-state index is 13.4. The van der Waals surface area contributed by atoms with Gasteiger partial charge < -0.3 is 19.1 Å². The Hall–Kier alpha value is -2.94. The summed E-state index contributed by atoms with van der Waals surface area (Å²) in [4.78, 5) is 2.29. The molecule has 0 saturated carbocycles. The number of likely N-dealkylation sites (N-methyl/N-ethyl adjacent to an activating group) is 1. The SMILES string of the molecule is COc1ccc(-c2ccccc2S(=O)(=O)Nc2ccc(Cl)c(O[C@@H]3CCN(C)C3)c2)c(OC)c1. The smallest absolute Gasteiger partial charge is 0.262 e. The van der Waals surface area contributed by atoms with Crippen molar-refractivity contribution in [2.45, 2.75) is 17.4 Å². The zero-order chi connectivity index (χ0) is 24.3. The monoisotopic (exact) mass is 502 g/mol. The van der Waals surface area contributed by atoms with Gasteiger partial charge in [-0.2, -0.15) is 0 Å². The van der Waals surface area contributed by atoms with E-state index in [4.69, 9.17) is 25.8 Å². The predicted molar refractivity (Wildman–Crippen MR) is 134 cm³/mol. The van der Waals surface area contributed by atoms with Crippen molar-refractivity contribution in [1.29, 1.82) is 0 Å². The van der Waals surface area contributed by atoms with Gasteiger partial charge in [0.25, 0.3) is 10.0 Å². The molecule has 1 aliphatic rings. The van der Waals surface area contributed by atoms with Crippen LogP contribution in [0.2, 0.25) is 5.02 Å². The number of benzene rings is 3. The molecular formula is C25H27ClN2O5S. The molecule has 4 rings (SSSR count). The number of likely N-dealkylation sites (tertiary alicyclic amines) is 1. The molecule has 1 N–H and O–H groups in total. The number of methoxy groups -OCH3 is 2. The van der Waals surface area contributed by atoms with Gasteiger partial charge in [0, 0.05) is 36.3 Å². The van der Waals surface area contributed by atoms with Crippen LogP contribution >= 0.6 is 11.6 Å². The lowest BCUT2D eigenvalue weighted by Crippen LogP contribution is -2.21. The molecule has 7 nitrogen and oxygen atoms in total. The highest BCUT2D eigenvalue weighted by atomic mass is 35.5. The summed E-state index contributed by atoms with van der Waals surface area (Å²) in [5.41, 5.74) is 1.51. The molecule has 0 aliphatic carbocycles. The summed E-state index contributed by atoms with van der Waals surface area (Å²) < 4.78 is 46.4. The molecule has 1 saturated heterocycles. The fraction of sp³-hybridized carbons (Fsp3) is 0.280. The van der Waals surface area contributed by atoms with Crippen LogP contribution in [0.25, 0.3) is 11.1 Å². The van der Waals surface area contributed by atoms with Gasteiger partial charge in [-0.25, -0.2) is 8.42 Å². The van der Waals surface area contributed by atoms with Gasteiger partial charge in [-0.1, -0.05) is 29.8 Å². The lowest BCUT2D eigenvalue weighted by molar-refractivity contribution is 0.208. The highest BCUT2D eigenvalue weighted by molar-refractivity contribution is 7.92. The molecule has 1 fully saturated rings. The molecule has 0 radical (unpaired) electrons. The van der Waals surface area contributed by atoms with E-state index >= 15 is 0 Å². The Morgan fingerprint density at radius 1 is 0.971 bits per heavy atom. The summed E-state index contributed by atoms with van der Waals surface area (Å²) in [5.74, 6) is 1.57. The van der Waals surface area contributed by atoms with Gasteiger partial charge in [-0.05, 0) is 43.8 Å². The molecule has 0 bridgehead atoms. The molecular weight excluding hydrogens is 476 g/mol. The zero-order valence-corrected chi connectivity index (χ0v) is 20.8. The van der Waals surface area contributed by atoms with Crippen LogP contribution in [-0.2, 0) is 10.0 Å². The van der Waals surface area contributed by atoms with Crippen LogP contribution < -0.4 is 18.9 Å². The first kappa shape index (κ1) is 24.2. The maximum Gasteiger partial charge on any atom is 0.262 e. The van der Waals surface area contributed by atoms with Crippen LogP contribution in [0.15, 0.2) is 65.6 Å². The van der Waals surface area contributed by atoms with Crippen molar-refractivity contribution in [3.63, 3.8) is 0 Å². The number of hydrogen-bond acceptors (Lipinski definition) is 6. The first-order valence-corrected chi connectivity index (χ1v) is 12.7. The second kappa shape index (κ2) is 10.1. The van der Waals surface area contributed by atoms with Crippen molar-refractivity contribution in [1.82, 2.24) is 4.90 Å². The molecule has 1 aliphatic heterocycles. The molecule has 0 amide bonds. The first-order valence-electron chi connectivity index (χ1n) is 10.8. The summed E-state index contributed by atoms with van der Waals surface area (Å²) >= 11 is 6.32.